The third-order valence-corrected chi connectivity index (χ3v) is 4.93. The van der Waals surface area contributed by atoms with Crippen LogP contribution < -0.4 is 10.2 Å². The van der Waals surface area contributed by atoms with Crippen LogP contribution in [0.5, 0.6) is 0 Å². The van der Waals surface area contributed by atoms with Crippen LogP contribution in [0.25, 0.3) is 10.9 Å². The van der Waals surface area contributed by atoms with Gasteiger partial charge in [-0.2, -0.15) is 4.98 Å². The second-order valence-corrected chi connectivity index (χ2v) is 6.87. The molecular formula is C21H23FN4. The molecule has 2 heterocycles. The van der Waals surface area contributed by atoms with Gasteiger partial charge in [-0.05, 0) is 55.5 Å². The minimum absolute atomic E-state index is 0.218. The summed E-state index contributed by atoms with van der Waals surface area (Å²) in [4.78, 5) is 11.9. The van der Waals surface area contributed by atoms with Gasteiger partial charge in [0.25, 0.3) is 0 Å². The fraction of sp³-hybridized carbons (Fsp3) is 0.333. The first kappa shape index (κ1) is 16.8. The summed E-state index contributed by atoms with van der Waals surface area (Å²) < 4.78 is 13.1. The summed E-state index contributed by atoms with van der Waals surface area (Å²) in [7, 11) is 0. The number of hydrogen-bond acceptors (Lipinski definition) is 4. The van der Waals surface area contributed by atoms with Gasteiger partial charge in [0, 0.05) is 25.0 Å². The number of rotatable bonds is 4. The lowest BCUT2D eigenvalue weighted by atomic mass is 10.1. The van der Waals surface area contributed by atoms with E-state index in [0.717, 1.165) is 46.9 Å². The molecule has 5 heteroatoms. The predicted molar refractivity (Wildman–Crippen MR) is 104 cm³/mol. The Bertz CT molecular complexity index is 902. The molecule has 0 unspecified atom stereocenters. The summed E-state index contributed by atoms with van der Waals surface area (Å²) in [5.74, 6) is 1.42. The summed E-state index contributed by atoms with van der Waals surface area (Å²) >= 11 is 0. The second-order valence-electron chi connectivity index (χ2n) is 6.87. The minimum Gasteiger partial charge on any atom is -0.365 e. The summed E-state index contributed by atoms with van der Waals surface area (Å²) in [5.41, 5.74) is 3.13. The van der Waals surface area contributed by atoms with E-state index in [0.29, 0.717) is 6.54 Å². The number of piperidine rings is 1. The predicted octanol–water partition coefficient (Wildman–Crippen LogP) is 4.68. The average Bonchev–Trinajstić information content (AvgIpc) is 2.68. The molecule has 1 aliphatic rings. The van der Waals surface area contributed by atoms with Crippen molar-refractivity contribution in [1.29, 1.82) is 0 Å². The highest BCUT2D eigenvalue weighted by molar-refractivity contribution is 5.93. The van der Waals surface area contributed by atoms with Gasteiger partial charge in [-0.1, -0.05) is 24.3 Å². The maximum absolute atomic E-state index is 13.1. The third-order valence-electron chi connectivity index (χ3n) is 4.93. The molecule has 0 spiro atoms. The van der Waals surface area contributed by atoms with Crippen molar-refractivity contribution < 1.29 is 4.39 Å². The molecule has 0 bridgehead atoms. The molecule has 134 valence electrons. The van der Waals surface area contributed by atoms with Gasteiger partial charge in [0.1, 0.15) is 11.6 Å². The van der Waals surface area contributed by atoms with Crippen LogP contribution in [0.2, 0.25) is 0 Å². The first-order valence-corrected chi connectivity index (χ1v) is 9.21. The van der Waals surface area contributed by atoms with Gasteiger partial charge in [-0.3, -0.25) is 0 Å². The Balaban J connectivity index is 1.69. The van der Waals surface area contributed by atoms with Crippen molar-refractivity contribution >= 4 is 22.7 Å². The fourth-order valence-electron chi connectivity index (χ4n) is 3.49. The zero-order chi connectivity index (χ0) is 17.9. The molecule has 3 aromatic rings. The highest BCUT2D eigenvalue weighted by Gasteiger charge is 2.17. The first-order valence-electron chi connectivity index (χ1n) is 9.21. The van der Waals surface area contributed by atoms with Gasteiger partial charge in [0.15, 0.2) is 0 Å². The summed E-state index contributed by atoms with van der Waals surface area (Å²) in [5, 5.41) is 4.49. The van der Waals surface area contributed by atoms with E-state index in [1.54, 1.807) is 12.1 Å². The van der Waals surface area contributed by atoms with Crippen molar-refractivity contribution in [1.82, 2.24) is 9.97 Å². The second kappa shape index (κ2) is 7.28. The zero-order valence-corrected chi connectivity index (χ0v) is 15.0. The van der Waals surface area contributed by atoms with Crippen LogP contribution in [-0.4, -0.2) is 23.1 Å². The van der Waals surface area contributed by atoms with Crippen LogP contribution in [0, 0.1) is 12.7 Å². The molecule has 26 heavy (non-hydrogen) atoms. The number of anilines is 2. The van der Waals surface area contributed by atoms with E-state index in [1.807, 2.05) is 12.1 Å². The van der Waals surface area contributed by atoms with Gasteiger partial charge >= 0.3 is 0 Å². The third kappa shape index (κ3) is 3.47. The lowest BCUT2D eigenvalue weighted by Gasteiger charge is -2.27. The van der Waals surface area contributed by atoms with Crippen LogP contribution >= 0.6 is 0 Å². The Labute approximate surface area is 153 Å². The van der Waals surface area contributed by atoms with Crippen LogP contribution in [0.15, 0.2) is 42.5 Å². The van der Waals surface area contributed by atoms with Gasteiger partial charge < -0.3 is 10.2 Å². The van der Waals surface area contributed by atoms with Crippen LogP contribution in [0.1, 0.15) is 30.4 Å². The quantitative estimate of drug-likeness (QED) is 0.742. The van der Waals surface area contributed by atoms with E-state index in [-0.39, 0.29) is 5.82 Å². The lowest BCUT2D eigenvalue weighted by Crippen LogP contribution is -2.31. The van der Waals surface area contributed by atoms with E-state index < -0.39 is 0 Å². The maximum atomic E-state index is 13.1. The Morgan fingerprint density at radius 3 is 2.54 bits per heavy atom. The minimum atomic E-state index is -0.218. The highest BCUT2D eigenvalue weighted by atomic mass is 19.1. The molecule has 1 N–H and O–H groups in total. The van der Waals surface area contributed by atoms with Gasteiger partial charge in [-0.25, -0.2) is 9.37 Å². The number of hydrogen-bond donors (Lipinski definition) is 1. The van der Waals surface area contributed by atoms with Gasteiger partial charge in [0.2, 0.25) is 5.95 Å². The number of halogens is 1. The van der Waals surface area contributed by atoms with Crippen molar-refractivity contribution in [3.8, 4) is 0 Å². The van der Waals surface area contributed by atoms with E-state index in [1.165, 1.54) is 31.4 Å². The van der Waals surface area contributed by atoms with Crippen LogP contribution in [0.4, 0.5) is 16.2 Å². The zero-order valence-electron chi connectivity index (χ0n) is 15.0. The number of aryl methyl sites for hydroxylation is 1. The number of nitrogens with one attached hydrogen (secondary N) is 1. The van der Waals surface area contributed by atoms with Crippen molar-refractivity contribution in [3.63, 3.8) is 0 Å². The number of fused-ring (bicyclic) bond motifs is 1. The monoisotopic (exact) mass is 350 g/mol. The van der Waals surface area contributed by atoms with Crippen LogP contribution in [-0.2, 0) is 6.54 Å². The Kier molecular flexibility index (Phi) is 4.69. The molecular weight excluding hydrogens is 327 g/mol. The number of nitrogens with zero attached hydrogens (tertiary/aromatic N) is 3. The Morgan fingerprint density at radius 2 is 1.77 bits per heavy atom. The lowest BCUT2D eigenvalue weighted by molar-refractivity contribution is 0.569. The summed E-state index contributed by atoms with van der Waals surface area (Å²) in [6, 6.07) is 12.7. The molecule has 1 aliphatic heterocycles. The molecule has 0 saturated carbocycles. The summed E-state index contributed by atoms with van der Waals surface area (Å²) in [6.45, 7) is 4.69. The highest BCUT2D eigenvalue weighted by Crippen LogP contribution is 2.28. The largest absolute Gasteiger partial charge is 0.365 e. The standard InChI is InChI=1S/C21H23FN4/c1-15-6-5-7-18-19(15)20(23-14-16-8-10-17(22)11-9-16)25-21(24-18)26-12-3-2-4-13-26/h5-11H,2-4,12-14H2,1H3,(H,23,24,25). The molecule has 2 aromatic carbocycles. The molecule has 0 amide bonds. The molecule has 1 saturated heterocycles. The van der Waals surface area contributed by atoms with Crippen molar-refractivity contribution in [2.75, 3.05) is 23.3 Å². The van der Waals surface area contributed by atoms with Gasteiger partial charge in [-0.15, -0.1) is 0 Å². The molecule has 1 fully saturated rings. The molecule has 0 atom stereocenters. The SMILES string of the molecule is Cc1cccc2nc(N3CCCCC3)nc(NCc3ccc(F)cc3)c12. The smallest absolute Gasteiger partial charge is 0.227 e. The van der Waals surface area contributed by atoms with E-state index in [9.17, 15) is 4.39 Å². The van der Waals surface area contributed by atoms with Crippen molar-refractivity contribution in [3.05, 3.63) is 59.4 Å². The normalized spacial score (nSPS) is 14.6. The molecule has 1 aromatic heterocycles. The average molecular weight is 350 g/mol. The van der Waals surface area contributed by atoms with Gasteiger partial charge in [0.05, 0.1) is 5.52 Å². The topological polar surface area (TPSA) is 41.1 Å². The Morgan fingerprint density at radius 1 is 1.00 bits per heavy atom. The molecule has 0 aliphatic carbocycles. The number of benzene rings is 2. The fourth-order valence-corrected chi connectivity index (χ4v) is 3.49. The Hall–Kier alpha value is -2.69. The first-order chi connectivity index (χ1) is 12.7. The molecule has 0 radical (unpaired) electrons. The molecule has 4 nitrogen and oxygen atoms in total. The maximum Gasteiger partial charge on any atom is 0.227 e. The number of aromatic nitrogens is 2. The van der Waals surface area contributed by atoms with E-state index in [4.69, 9.17) is 9.97 Å². The van der Waals surface area contributed by atoms with E-state index >= 15 is 0 Å². The van der Waals surface area contributed by atoms with Crippen molar-refractivity contribution in [2.24, 2.45) is 0 Å². The van der Waals surface area contributed by atoms with E-state index in [2.05, 4.69) is 23.2 Å². The van der Waals surface area contributed by atoms with Crippen LogP contribution in [0.3, 0.4) is 0 Å². The molecule has 4 rings (SSSR count). The summed E-state index contributed by atoms with van der Waals surface area (Å²) in [6.07, 6.45) is 3.65. The van der Waals surface area contributed by atoms with Crippen molar-refractivity contribution in [2.45, 2.75) is 32.7 Å².